The molecule has 3 amide bonds. The van der Waals surface area contributed by atoms with E-state index in [1.54, 1.807) is 35.2 Å². The first-order chi connectivity index (χ1) is 19.0. The van der Waals surface area contributed by atoms with Gasteiger partial charge in [-0.3, -0.25) is 24.6 Å². The highest BCUT2D eigenvalue weighted by Gasteiger charge is 2.40. The predicted octanol–water partition coefficient (Wildman–Crippen LogP) is 3.59. The van der Waals surface area contributed by atoms with E-state index in [2.05, 4.69) is 10.6 Å². The number of morpholine rings is 1. The number of carbonyl (C=O) groups is 3. The molecule has 3 aliphatic rings. The molecule has 0 radical (unpaired) electrons. The van der Waals surface area contributed by atoms with E-state index in [1.165, 1.54) is 6.07 Å². The number of ether oxygens (including phenoxy) is 1. The van der Waals surface area contributed by atoms with Gasteiger partial charge in [-0.2, -0.15) is 0 Å². The number of piperidine rings is 1. The van der Waals surface area contributed by atoms with E-state index in [0.717, 1.165) is 4.90 Å². The minimum atomic E-state index is -2.09. The van der Waals surface area contributed by atoms with E-state index < -0.39 is 47.3 Å². The quantitative estimate of drug-likeness (QED) is 0.561. The molecule has 1 unspecified atom stereocenters. The molecule has 9 heteroatoms. The van der Waals surface area contributed by atoms with Crippen LogP contribution >= 0.6 is 0 Å². The Morgan fingerprint density at radius 2 is 1.79 bits per heavy atom. The molecule has 0 spiro atoms. The molecular formula is C29H35FN4O4. The number of hydrogen-bond acceptors (Lipinski definition) is 6. The van der Waals surface area contributed by atoms with Crippen LogP contribution in [0.5, 0.6) is 0 Å². The van der Waals surface area contributed by atoms with Crippen LogP contribution < -0.4 is 10.6 Å². The van der Waals surface area contributed by atoms with E-state index in [1.807, 2.05) is 27.7 Å². The summed E-state index contributed by atoms with van der Waals surface area (Å²) >= 11 is 0. The van der Waals surface area contributed by atoms with Crippen LogP contribution in [0, 0.1) is 5.82 Å². The maximum absolute atomic E-state index is 15.9. The van der Waals surface area contributed by atoms with Gasteiger partial charge in [-0.25, -0.2) is 4.39 Å². The largest absolute Gasteiger partial charge is 0.381 e. The Labute approximate surface area is 226 Å². The second-order valence-electron chi connectivity index (χ2n) is 11.3. The average molecular weight is 526 g/mol. The van der Waals surface area contributed by atoms with E-state index in [0.29, 0.717) is 16.8 Å². The van der Waals surface area contributed by atoms with E-state index >= 15 is 4.39 Å². The zero-order valence-corrected chi connectivity index (χ0v) is 22.1. The summed E-state index contributed by atoms with van der Waals surface area (Å²) in [4.78, 5) is 40.1. The molecule has 2 N–H and O–H groups in total. The van der Waals surface area contributed by atoms with Crippen molar-refractivity contribution in [3.63, 3.8) is 0 Å². The Kier molecular flexibility index (Phi) is 5.83. The van der Waals surface area contributed by atoms with Gasteiger partial charge in [-0.1, -0.05) is 24.3 Å². The third kappa shape index (κ3) is 5.31. The lowest BCUT2D eigenvalue weighted by Crippen LogP contribution is -2.56. The van der Waals surface area contributed by atoms with Crippen molar-refractivity contribution < 1.29 is 27.6 Å². The lowest BCUT2D eigenvalue weighted by Gasteiger charge is -2.47. The van der Waals surface area contributed by atoms with Gasteiger partial charge < -0.3 is 15.0 Å². The Morgan fingerprint density at radius 1 is 1.11 bits per heavy atom. The van der Waals surface area contributed by atoms with Gasteiger partial charge in [0, 0.05) is 69.8 Å². The molecular weight excluding hydrogens is 487 g/mol. The molecule has 2 saturated heterocycles. The summed E-state index contributed by atoms with van der Waals surface area (Å²) in [6.45, 7) is 6.04. The van der Waals surface area contributed by atoms with Crippen molar-refractivity contribution in [2.24, 2.45) is 0 Å². The number of nitrogens with one attached hydrogen (secondary N) is 2. The molecule has 3 aliphatic heterocycles. The molecule has 1 atom stereocenters. The fraction of sp³-hybridized carbons (Fsp3) is 0.483. The summed E-state index contributed by atoms with van der Waals surface area (Å²) in [6, 6.07) is 7.76. The zero-order valence-electron chi connectivity index (χ0n) is 25.1. The highest BCUT2D eigenvalue weighted by Crippen LogP contribution is 2.33. The summed E-state index contributed by atoms with van der Waals surface area (Å²) in [5, 5.41) is 5.32. The zero-order chi connectivity index (χ0) is 30.0. The number of fused-ring (bicyclic) bond motifs is 1. The minimum Gasteiger partial charge on any atom is -0.381 e. The highest BCUT2D eigenvalue weighted by molar-refractivity contribution is 6.06. The van der Waals surface area contributed by atoms with Gasteiger partial charge in [0.15, 0.2) is 0 Å². The lowest BCUT2D eigenvalue weighted by atomic mass is 9.98. The summed E-state index contributed by atoms with van der Waals surface area (Å²) in [7, 11) is 0. The third-order valence-electron chi connectivity index (χ3n) is 6.92. The second-order valence-corrected chi connectivity index (χ2v) is 11.3. The van der Waals surface area contributed by atoms with Crippen molar-refractivity contribution >= 4 is 23.4 Å². The van der Waals surface area contributed by atoms with Gasteiger partial charge in [-0.15, -0.1) is 0 Å². The van der Waals surface area contributed by atoms with Crippen LogP contribution in [0.1, 0.15) is 71.7 Å². The van der Waals surface area contributed by atoms with Crippen LogP contribution in [0.15, 0.2) is 36.4 Å². The van der Waals surface area contributed by atoms with Crippen LogP contribution in [0.2, 0.25) is 0 Å². The SMILES string of the molecule is [2H]C1(N2Cc3c(NCc4cccc(C([2H])([2H])N5CC(C)(C)OC(C)(C)C5)c4F)cccc3C2=O)CCC(=O)NC1=O. The summed E-state index contributed by atoms with van der Waals surface area (Å²) in [6.07, 6.45) is -0.138. The number of benzene rings is 2. The van der Waals surface area contributed by atoms with Crippen LogP contribution in [-0.4, -0.2) is 57.8 Å². The molecule has 2 aromatic carbocycles. The molecule has 0 aromatic heterocycles. The molecule has 202 valence electrons. The topological polar surface area (TPSA) is 91.0 Å². The van der Waals surface area contributed by atoms with Crippen molar-refractivity contribution in [3.05, 3.63) is 64.5 Å². The maximum Gasteiger partial charge on any atom is 0.255 e. The minimum absolute atomic E-state index is 0.0154. The maximum atomic E-state index is 15.9. The molecule has 0 aliphatic carbocycles. The normalized spacial score (nSPS) is 26.3. The highest BCUT2D eigenvalue weighted by atomic mass is 19.1. The van der Waals surface area contributed by atoms with Crippen molar-refractivity contribution in [2.75, 3.05) is 18.4 Å². The first-order valence-corrected chi connectivity index (χ1v) is 12.8. The molecule has 0 saturated carbocycles. The van der Waals surface area contributed by atoms with Crippen LogP contribution in [0.25, 0.3) is 0 Å². The van der Waals surface area contributed by atoms with Gasteiger partial charge in [0.25, 0.3) is 5.91 Å². The van der Waals surface area contributed by atoms with Crippen molar-refractivity contribution in [2.45, 2.75) is 77.3 Å². The summed E-state index contributed by atoms with van der Waals surface area (Å²) in [5.41, 5.74) is 0.384. The van der Waals surface area contributed by atoms with Crippen LogP contribution in [0.4, 0.5) is 10.1 Å². The van der Waals surface area contributed by atoms with Gasteiger partial charge in [0.05, 0.1) is 12.6 Å². The number of imide groups is 1. The van der Waals surface area contributed by atoms with E-state index in [-0.39, 0.29) is 50.1 Å². The molecule has 0 bridgehead atoms. The number of carbonyl (C=O) groups excluding carboxylic acids is 3. The number of amides is 3. The number of nitrogens with zero attached hydrogens (tertiary/aromatic N) is 2. The standard InChI is InChI=1S/C29H35FN4O4/c1-28(2)16-33(17-29(3,4)38-28)14-19-8-5-7-18(25(19)30)13-31-22-10-6-9-20-21(22)15-34(27(20)37)23-11-12-24(35)32-26(23)36/h5-10,23,31H,11-17H2,1-4H3,(H,32,35,36)/i14D2,23D. The molecule has 5 rings (SSSR count). The Morgan fingerprint density at radius 3 is 2.50 bits per heavy atom. The fourth-order valence-electron chi connectivity index (χ4n) is 5.61. The predicted molar refractivity (Wildman–Crippen MR) is 141 cm³/mol. The lowest BCUT2D eigenvalue weighted by molar-refractivity contribution is -0.182. The van der Waals surface area contributed by atoms with E-state index in [4.69, 9.17) is 8.85 Å². The summed E-state index contributed by atoms with van der Waals surface area (Å²) < 4.78 is 48.5. The average Bonchev–Trinajstić information content (AvgIpc) is 3.21. The van der Waals surface area contributed by atoms with Crippen molar-refractivity contribution in [1.82, 2.24) is 15.1 Å². The van der Waals surface area contributed by atoms with Crippen LogP contribution in [0.3, 0.4) is 0 Å². The molecule has 3 heterocycles. The van der Waals surface area contributed by atoms with Gasteiger partial charge >= 0.3 is 0 Å². The monoisotopic (exact) mass is 525 g/mol. The molecule has 2 aromatic rings. The molecule has 8 nitrogen and oxygen atoms in total. The molecule has 38 heavy (non-hydrogen) atoms. The summed E-state index contributed by atoms with van der Waals surface area (Å²) in [5.74, 6) is -2.45. The number of halogens is 1. The van der Waals surface area contributed by atoms with Gasteiger partial charge in [-0.05, 0) is 46.2 Å². The Bertz CT molecular complexity index is 1420. The first kappa shape index (κ1) is 22.7. The smallest absolute Gasteiger partial charge is 0.255 e. The van der Waals surface area contributed by atoms with Crippen LogP contribution in [-0.2, 0) is 33.9 Å². The van der Waals surface area contributed by atoms with Crippen molar-refractivity contribution in [1.29, 1.82) is 0 Å². The van der Waals surface area contributed by atoms with E-state index in [9.17, 15) is 14.4 Å². The number of rotatable bonds is 6. The second kappa shape index (κ2) is 9.78. The van der Waals surface area contributed by atoms with Gasteiger partial charge in [0.1, 0.15) is 11.8 Å². The molecule has 2 fully saturated rings. The number of anilines is 1. The number of hydrogen-bond donors (Lipinski definition) is 2. The Hall–Kier alpha value is -3.30. The first-order valence-electron chi connectivity index (χ1n) is 14.3. The Balaban J connectivity index is 1.37. The fourth-order valence-corrected chi connectivity index (χ4v) is 5.61. The van der Waals surface area contributed by atoms with Crippen molar-refractivity contribution in [3.8, 4) is 0 Å². The van der Waals surface area contributed by atoms with Gasteiger partial charge in [0.2, 0.25) is 11.8 Å². The third-order valence-corrected chi connectivity index (χ3v) is 6.92.